The molecule has 2 rings (SSSR count). The van der Waals surface area contributed by atoms with Crippen molar-refractivity contribution in [2.45, 2.75) is 10.9 Å². The van der Waals surface area contributed by atoms with Crippen LogP contribution in [0, 0.1) is 11.6 Å². The lowest BCUT2D eigenvalue weighted by atomic mass is 9.98. The lowest BCUT2D eigenvalue weighted by molar-refractivity contribution is 0.246. The molecule has 0 aliphatic carbocycles. The monoisotopic (exact) mass is 340 g/mol. The number of urea groups is 1. The van der Waals surface area contributed by atoms with Crippen LogP contribution in [0.1, 0.15) is 17.2 Å². The maximum absolute atomic E-state index is 14.0. The molecule has 1 unspecified atom stereocenters. The van der Waals surface area contributed by atoms with Crippen LogP contribution in [0.25, 0.3) is 0 Å². The highest BCUT2D eigenvalue weighted by Gasteiger charge is 2.21. The smallest absolute Gasteiger partial charge is 0.312 e. The van der Waals surface area contributed by atoms with Crippen LogP contribution in [0.4, 0.5) is 13.6 Å². The number of nitrogens with two attached hydrogens (primary N) is 1. The zero-order valence-corrected chi connectivity index (χ0v) is 12.9. The van der Waals surface area contributed by atoms with Crippen LogP contribution in [0.5, 0.6) is 0 Å². The van der Waals surface area contributed by atoms with Gasteiger partial charge in [0.05, 0.1) is 10.9 Å². The molecule has 2 aromatic carbocycles. The zero-order chi connectivity index (χ0) is 17.2. The second-order valence-corrected chi connectivity index (χ2v) is 6.97. The van der Waals surface area contributed by atoms with E-state index in [2.05, 4.69) is 5.32 Å². The van der Waals surface area contributed by atoms with Crippen molar-refractivity contribution in [2.24, 2.45) is 5.73 Å². The third-order valence-corrected chi connectivity index (χ3v) is 4.29. The first kappa shape index (κ1) is 16.9. The van der Waals surface area contributed by atoms with E-state index in [-0.39, 0.29) is 16.0 Å². The van der Waals surface area contributed by atoms with Gasteiger partial charge in [0.1, 0.15) is 11.6 Å². The molecule has 0 spiro atoms. The third kappa shape index (κ3) is 4.04. The van der Waals surface area contributed by atoms with Gasteiger partial charge >= 0.3 is 6.03 Å². The van der Waals surface area contributed by atoms with Gasteiger partial charge in [0.2, 0.25) is 0 Å². The molecule has 0 saturated carbocycles. The fraction of sp³-hybridized carbons (Fsp3) is 0.133. The molecule has 0 heterocycles. The summed E-state index contributed by atoms with van der Waals surface area (Å²) in [7, 11) is -3.50. The van der Waals surface area contributed by atoms with Crippen LogP contribution in [0.15, 0.2) is 47.4 Å². The topological polar surface area (TPSA) is 89.3 Å². The SMILES string of the molecule is CS(=O)(=O)c1cccc(C(NC(N)=O)c2cc(F)ccc2F)c1. The normalized spacial score (nSPS) is 12.7. The van der Waals surface area contributed by atoms with Gasteiger partial charge in [-0.3, -0.25) is 0 Å². The molecular formula is C15H14F2N2O3S. The number of nitrogens with one attached hydrogen (secondary N) is 1. The minimum absolute atomic E-state index is 0.0110. The van der Waals surface area contributed by atoms with E-state index < -0.39 is 33.5 Å². The van der Waals surface area contributed by atoms with Gasteiger partial charge in [-0.05, 0) is 35.9 Å². The number of carbonyl (C=O) groups excluding carboxylic acids is 1. The zero-order valence-electron chi connectivity index (χ0n) is 12.1. The molecule has 2 aromatic rings. The Morgan fingerprint density at radius 2 is 1.87 bits per heavy atom. The first-order valence-electron chi connectivity index (χ1n) is 6.49. The predicted octanol–water partition coefficient (Wildman–Crippen LogP) is 2.13. The molecule has 0 aliphatic rings. The number of hydrogen-bond donors (Lipinski definition) is 2. The number of amides is 2. The van der Waals surface area contributed by atoms with Gasteiger partial charge in [0.15, 0.2) is 9.84 Å². The lowest BCUT2D eigenvalue weighted by Crippen LogP contribution is -2.34. The maximum Gasteiger partial charge on any atom is 0.312 e. The van der Waals surface area contributed by atoms with Gasteiger partial charge in [-0.2, -0.15) is 0 Å². The highest BCUT2D eigenvalue weighted by Crippen LogP contribution is 2.27. The van der Waals surface area contributed by atoms with E-state index in [0.717, 1.165) is 24.5 Å². The van der Waals surface area contributed by atoms with Crippen LogP contribution >= 0.6 is 0 Å². The molecule has 0 aromatic heterocycles. The third-order valence-electron chi connectivity index (χ3n) is 3.18. The van der Waals surface area contributed by atoms with Crippen molar-refractivity contribution in [3.05, 3.63) is 65.2 Å². The molecule has 1 atom stereocenters. The summed E-state index contributed by atoms with van der Waals surface area (Å²) >= 11 is 0. The summed E-state index contributed by atoms with van der Waals surface area (Å²) in [6.45, 7) is 0. The van der Waals surface area contributed by atoms with Crippen LogP contribution in [-0.2, 0) is 9.84 Å². The summed E-state index contributed by atoms with van der Waals surface area (Å²) in [6.07, 6.45) is 1.02. The Morgan fingerprint density at radius 1 is 1.17 bits per heavy atom. The molecule has 0 saturated heterocycles. The van der Waals surface area contributed by atoms with Crippen molar-refractivity contribution in [1.82, 2.24) is 5.32 Å². The standard InChI is InChI=1S/C15H14F2N2O3S/c1-23(21,22)11-4-2-3-9(7-11)14(19-15(18)20)12-8-10(16)5-6-13(12)17/h2-8,14H,1H3,(H3,18,19,20). The van der Waals surface area contributed by atoms with E-state index in [4.69, 9.17) is 5.73 Å². The van der Waals surface area contributed by atoms with Crippen LogP contribution in [0.2, 0.25) is 0 Å². The summed E-state index contributed by atoms with van der Waals surface area (Å²) in [5.74, 6) is -1.45. The van der Waals surface area contributed by atoms with Gasteiger partial charge in [-0.25, -0.2) is 22.0 Å². The van der Waals surface area contributed by atoms with E-state index >= 15 is 0 Å². The first-order chi connectivity index (χ1) is 10.7. The Hall–Kier alpha value is -2.48. The quantitative estimate of drug-likeness (QED) is 0.893. The van der Waals surface area contributed by atoms with Crippen molar-refractivity contribution in [1.29, 1.82) is 0 Å². The van der Waals surface area contributed by atoms with E-state index in [1.807, 2.05) is 0 Å². The van der Waals surface area contributed by atoms with Gasteiger partial charge in [0, 0.05) is 11.8 Å². The fourth-order valence-corrected chi connectivity index (χ4v) is 2.82. The number of benzene rings is 2. The van der Waals surface area contributed by atoms with Crippen molar-refractivity contribution in [2.75, 3.05) is 6.26 Å². The summed E-state index contributed by atoms with van der Waals surface area (Å²) in [6, 6.07) is 6.27. The summed E-state index contributed by atoms with van der Waals surface area (Å²) < 4.78 is 50.7. The average Bonchev–Trinajstić information content (AvgIpc) is 2.46. The Labute approximate surface area is 132 Å². The molecule has 0 fully saturated rings. The molecule has 0 radical (unpaired) electrons. The van der Waals surface area contributed by atoms with E-state index in [1.165, 1.54) is 24.3 Å². The number of halogens is 2. The van der Waals surface area contributed by atoms with Gasteiger partial charge in [-0.1, -0.05) is 12.1 Å². The van der Waals surface area contributed by atoms with Gasteiger partial charge < -0.3 is 11.1 Å². The second-order valence-electron chi connectivity index (χ2n) is 4.95. The van der Waals surface area contributed by atoms with Gasteiger partial charge in [0.25, 0.3) is 0 Å². The molecule has 3 N–H and O–H groups in total. The van der Waals surface area contributed by atoms with Crippen molar-refractivity contribution in [3.63, 3.8) is 0 Å². The van der Waals surface area contributed by atoms with E-state index in [1.54, 1.807) is 0 Å². The Bertz CT molecular complexity index is 854. The van der Waals surface area contributed by atoms with E-state index in [0.29, 0.717) is 0 Å². The molecule has 2 amide bonds. The second kappa shape index (κ2) is 6.33. The fourth-order valence-electron chi connectivity index (χ4n) is 2.14. The number of hydrogen-bond acceptors (Lipinski definition) is 3. The molecule has 0 bridgehead atoms. The Kier molecular flexibility index (Phi) is 4.65. The average molecular weight is 340 g/mol. The molecular weight excluding hydrogens is 326 g/mol. The summed E-state index contributed by atoms with van der Waals surface area (Å²) in [4.78, 5) is 11.2. The largest absolute Gasteiger partial charge is 0.352 e. The molecule has 0 aliphatic heterocycles. The minimum atomic E-state index is -3.50. The summed E-state index contributed by atoms with van der Waals surface area (Å²) in [5, 5.41) is 2.30. The lowest BCUT2D eigenvalue weighted by Gasteiger charge is -2.20. The van der Waals surface area contributed by atoms with Crippen molar-refractivity contribution >= 4 is 15.9 Å². The first-order valence-corrected chi connectivity index (χ1v) is 8.38. The van der Waals surface area contributed by atoms with Gasteiger partial charge in [-0.15, -0.1) is 0 Å². The molecule has 122 valence electrons. The Balaban J connectivity index is 2.60. The number of rotatable bonds is 4. The van der Waals surface area contributed by atoms with Crippen molar-refractivity contribution < 1.29 is 22.0 Å². The number of carbonyl (C=O) groups is 1. The highest BCUT2D eigenvalue weighted by atomic mass is 32.2. The summed E-state index contributed by atoms with van der Waals surface area (Å²) in [5.41, 5.74) is 5.20. The number of sulfone groups is 1. The predicted molar refractivity (Wildman–Crippen MR) is 80.5 cm³/mol. The molecule has 5 nitrogen and oxygen atoms in total. The highest BCUT2D eigenvalue weighted by molar-refractivity contribution is 7.90. The maximum atomic E-state index is 14.0. The number of primary amides is 1. The van der Waals surface area contributed by atoms with Crippen molar-refractivity contribution in [3.8, 4) is 0 Å². The Morgan fingerprint density at radius 3 is 2.48 bits per heavy atom. The van der Waals surface area contributed by atoms with Crippen LogP contribution < -0.4 is 11.1 Å². The molecule has 8 heteroatoms. The van der Waals surface area contributed by atoms with E-state index in [9.17, 15) is 22.0 Å². The van der Waals surface area contributed by atoms with Crippen LogP contribution in [0.3, 0.4) is 0 Å². The minimum Gasteiger partial charge on any atom is -0.352 e. The molecule has 23 heavy (non-hydrogen) atoms. The van der Waals surface area contributed by atoms with Crippen LogP contribution in [-0.4, -0.2) is 20.7 Å².